The molecule has 8 heteroatoms. The molecule has 1 aliphatic carbocycles. The maximum atomic E-state index is 13.8. The SMILES string of the molecule is CC1=C(C)[N+](CCN(C)N2CCCC2)=C(C)/C1=C1\C(=O)C(C2C(C)=C(C)[N+](CCN(C)N3CCCC3)=C2C)=C1O. The number of carbonyl (C=O) groups excluding carboxylic acids is 1. The van der Waals surface area contributed by atoms with Crippen LogP contribution >= 0.6 is 0 Å². The zero-order valence-corrected chi connectivity index (χ0v) is 26.1. The smallest absolute Gasteiger partial charge is 0.198 e. The third kappa shape index (κ3) is 4.87. The van der Waals surface area contributed by atoms with E-state index in [-0.39, 0.29) is 17.5 Å². The van der Waals surface area contributed by atoms with E-state index in [1.165, 1.54) is 42.7 Å². The predicted molar refractivity (Wildman–Crippen MR) is 160 cm³/mol. The highest BCUT2D eigenvalue weighted by Crippen LogP contribution is 2.44. The second kappa shape index (κ2) is 11.5. The lowest BCUT2D eigenvalue weighted by atomic mass is 9.73. The van der Waals surface area contributed by atoms with Crippen LogP contribution in [0.5, 0.6) is 0 Å². The lowest BCUT2D eigenvalue weighted by Crippen LogP contribution is -2.41. The van der Waals surface area contributed by atoms with Gasteiger partial charge in [0.05, 0.1) is 35.7 Å². The number of aliphatic hydroxyl groups excluding tert-OH is 1. The summed E-state index contributed by atoms with van der Waals surface area (Å²) in [5, 5.41) is 21.0. The molecule has 0 spiro atoms. The molecule has 0 radical (unpaired) electrons. The average molecular weight is 551 g/mol. The first-order valence-electron chi connectivity index (χ1n) is 15.3. The third-order valence-electron chi connectivity index (χ3n) is 10.3. The first-order valence-corrected chi connectivity index (χ1v) is 15.3. The van der Waals surface area contributed by atoms with E-state index < -0.39 is 0 Å². The number of carbonyl (C=O) groups is 1. The summed E-state index contributed by atoms with van der Waals surface area (Å²) >= 11 is 0. The van der Waals surface area contributed by atoms with Gasteiger partial charge in [-0.25, -0.2) is 24.6 Å². The van der Waals surface area contributed by atoms with Gasteiger partial charge in [-0.15, -0.1) is 0 Å². The van der Waals surface area contributed by atoms with E-state index in [4.69, 9.17) is 0 Å². The Hall–Kier alpha value is -2.39. The number of aliphatic hydroxyl groups is 1. The number of nitrogens with zero attached hydrogens (tertiary/aromatic N) is 6. The summed E-state index contributed by atoms with van der Waals surface area (Å²) in [5.41, 5.74) is 8.85. The molecule has 0 bridgehead atoms. The minimum absolute atomic E-state index is 0.00238. The highest BCUT2D eigenvalue weighted by atomic mass is 16.3. The molecule has 1 atom stereocenters. The highest BCUT2D eigenvalue weighted by molar-refractivity contribution is 6.26. The summed E-state index contributed by atoms with van der Waals surface area (Å²) in [7, 11) is 4.35. The van der Waals surface area contributed by atoms with E-state index in [0.717, 1.165) is 74.9 Å². The molecule has 0 amide bonds. The Labute approximate surface area is 240 Å². The summed E-state index contributed by atoms with van der Waals surface area (Å²) in [6.45, 7) is 20.9. The van der Waals surface area contributed by atoms with Gasteiger partial charge in [0.25, 0.3) is 0 Å². The van der Waals surface area contributed by atoms with E-state index in [9.17, 15) is 9.90 Å². The third-order valence-corrected chi connectivity index (χ3v) is 10.3. The first-order chi connectivity index (χ1) is 19.0. The second-order valence-electron chi connectivity index (χ2n) is 12.4. The maximum absolute atomic E-state index is 13.8. The number of Topliss-reactive ketones (excluding diaryl/α,β-unsaturated/α-hetero) is 1. The van der Waals surface area contributed by atoms with E-state index in [0.29, 0.717) is 11.1 Å². The molecule has 4 aliphatic heterocycles. The largest absolute Gasteiger partial charge is 0.507 e. The zero-order valence-electron chi connectivity index (χ0n) is 26.1. The topological polar surface area (TPSA) is 56.3 Å². The number of hydrazine groups is 2. The van der Waals surface area contributed by atoms with Crippen LogP contribution in [0.2, 0.25) is 0 Å². The van der Waals surface area contributed by atoms with E-state index >= 15 is 0 Å². The molecule has 2 fully saturated rings. The van der Waals surface area contributed by atoms with Crippen LogP contribution in [-0.2, 0) is 4.79 Å². The quantitative estimate of drug-likeness (QED) is 0.349. The molecule has 0 aromatic rings. The van der Waals surface area contributed by atoms with Crippen LogP contribution in [-0.4, -0.2) is 118 Å². The fourth-order valence-corrected chi connectivity index (χ4v) is 7.45. The van der Waals surface area contributed by atoms with Crippen molar-refractivity contribution in [2.75, 3.05) is 66.5 Å². The van der Waals surface area contributed by atoms with Crippen LogP contribution in [0.15, 0.2) is 45.0 Å². The molecular formula is C32H50N6O2+2. The number of rotatable bonds is 9. The zero-order chi connectivity index (χ0) is 28.9. The standard InChI is InChI=1S/C32H49N6O2/c1-21-23(3)37(19-17-33(7)35-13-9-10-14-35)25(5)27(21)29-31(39)30(32(29)40)28-22(2)24(4)38(26(28)6)20-18-34(8)36-15-11-12-16-36/h27H,9-20H2,1-8H3/q+1/p+1. The van der Waals surface area contributed by atoms with E-state index in [1.54, 1.807) is 0 Å². The van der Waals surface area contributed by atoms with Crippen LogP contribution in [0.25, 0.3) is 0 Å². The van der Waals surface area contributed by atoms with Gasteiger partial charge < -0.3 is 5.11 Å². The predicted octanol–water partition coefficient (Wildman–Crippen LogP) is 3.74. The van der Waals surface area contributed by atoms with Gasteiger partial charge in [-0.2, -0.15) is 4.58 Å². The van der Waals surface area contributed by atoms with Crippen LogP contribution in [0.1, 0.15) is 67.2 Å². The van der Waals surface area contributed by atoms with Crippen LogP contribution in [0.4, 0.5) is 0 Å². The summed E-state index contributed by atoms with van der Waals surface area (Å²) < 4.78 is 4.68. The van der Waals surface area contributed by atoms with Crippen molar-refractivity contribution in [3.05, 3.63) is 45.0 Å². The number of likely N-dealkylation sites (N-methyl/N-ethyl adjacent to an activating group) is 2. The molecule has 5 aliphatic rings. The minimum Gasteiger partial charge on any atom is -0.507 e. The Kier molecular flexibility index (Phi) is 8.35. The van der Waals surface area contributed by atoms with Crippen LogP contribution in [0.3, 0.4) is 0 Å². The van der Waals surface area contributed by atoms with Gasteiger partial charge in [-0.1, -0.05) is 0 Å². The van der Waals surface area contributed by atoms with Crippen molar-refractivity contribution in [3.63, 3.8) is 0 Å². The lowest BCUT2D eigenvalue weighted by molar-refractivity contribution is -0.477. The Bertz CT molecular complexity index is 1280. The Morgan fingerprint density at radius 1 is 0.775 bits per heavy atom. The average Bonchev–Trinajstić information content (AvgIpc) is 3.73. The van der Waals surface area contributed by atoms with Crippen LogP contribution < -0.4 is 0 Å². The normalized spacial score (nSPS) is 26.9. The lowest BCUT2D eigenvalue weighted by Gasteiger charge is -2.27. The fourth-order valence-electron chi connectivity index (χ4n) is 7.45. The Balaban J connectivity index is 1.38. The summed E-state index contributed by atoms with van der Waals surface area (Å²) in [4.78, 5) is 13.8. The van der Waals surface area contributed by atoms with Crippen molar-refractivity contribution in [3.8, 4) is 0 Å². The fraction of sp³-hybridized carbons (Fsp3) is 0.656. The van der Waals surface area contributed by atoms with E-state index in [1.807, 2.05) is 0 Å². The maximum Gasteiger partial charge on any atom is 0.198 e. The molecule has 5 rings (SSSR count). The van der Waals surface area contributed by atoms with Gasteiger partial charge in [0, 0.05) is 79.1 Å². The molecule has 4 heterocycles. The first kappa shape index (κ1) is 29.1. The molecule has 1 N–H and O–H groups in total. The molecule has 8 nitrogen and oxygen atoms in total. The molecule has 218 valence electrons. The van der Waals surface area contributed by atoms with Crippen molar-refractivity contribution < 1.29 is 19.1 Å². The van der Waals surface area contributed by atoms with Gasteiger partial charge in [0.2, 0.25) is 0 Å². The molecule has 0 saturated carbocycles. The van der Waals surface area contributed by atoms with Crippen molar-refractivity contribution in [2.24, 2.45) is 5.92 Å². The molecule has 1 unspecified atom stereocenters. The number of hydrogen-bond acceptors (Lipinski definition) is 6. The summed E-state index contributed by atoms with van der Waals surface area (Å²) in [6.07, 6.45) is 5.07. The summed E-state index contributed by atoms with van der Waals surface area (Å²) in [6, 6.07) is 0. The Morgan fingerprint density at radius 2 is 1.27 bits per heavy atom. The highest BCUT2D eigenvalue weighted by Gasteiger charge is 2.50. The van der Waals surface area contributed by atoms with Gasteiger partial charge in [-0.05, 0) is 39.5 Å². The van der Waals surface area contributed by atoms with Crippen molar-refractivity contribution in [1.29, 1.82) is 0 Å². The number of hydrogen-bond donors (Lipinski definition) is 1. The second-order valence-corrected chi connectivity index (χ2v) is 12.4. The van der Waals surface area contributed by atoms with Gasteiger partial charge in [0.15, 0.2) is 41.7 Å². The van der Waals surface area contributed by atoms with Crippen molar-refractivity contribution in [2.45, 2.75) is 67.2 Å². The van der Waals surface area contributed by atoms with Crippen molar-refractivity contribution >= 4 is 17.2 Å². The van der Waals surface area contributed by atoms with Gasteiger partial charge in [0.1, 0.15) is 5.76 Å². The van der Waals surface area contributed by atoms with E-state index in [2.05, 4.69) is 84.8 Å². The van der Waals surface area contributed by atoms with Gasteiger partial charge in [-0.3, -0.25) is 4.79 Å². The van der Waals surface area contributed by atoms with Crippen molar-refractivity contribution in [1.82, 2.24) is 20.0 Å². The molecule has 2 saturated heterocycles. The number of ketones is 1. The monoisotopic (exact) mass is 550 g/mol. The molecular weight excluding hydrogens is 500 g/mol. The van der Waals surface area contributed by atoms with Crippen LogP contribution in [0, 0.1) is 5.92 Å². The minimum atomic E-state index is -0.147. The molecule has 0 aromatic heterocycles. The molecule has 40 heavy (non-hydrogen) atoms. The Morgan fingerprint density at radius 3 is 1.77 bits per heavy atom. The number of allylic oxidation sites excluding steroid dienone is 7. The molecule has 0 aromatic carbocycles. The van der Waals surface area contributed by atoms with Gasteiger partial charge >= 0.3 is 0 Å². The summed E-state index contributed by atoms with van der Waals surface area (Å²) in [5.74, 6) is 0.0453.